The molecule has 4 rings (SSSR count). The molecule has 0 atom stereocenters. The average molecular weight is 426 g/mol. The van der Waals surface area contributed by atoms with Crippen molar-refractivity contribution in [1.82, 2.24) is 24.7 Å². The van der Waals surface area contributed by atoms with Crippen LogP contribution in [0.3, 0.4) is 0 Å². The molecule has 12 heteroatoms. The van der Waals surface area contributed by atoms with Crippen molar-refractivity contribution in [3.63, 3.8) is 0 Å². The molecule has 0 fully saturated rings. The van der Waals surface area contributed by atoms with E-state index in [4.69, 9.17) is 11.5 Å². The van der Waals surface area contributed by atoms with Crippen molar-refractivity contribution in [2.45, 2.75) is 9.92 Å². The maximum atomic E-state index is 14.1. The second kappa shape index (κ2) is 7.83. The molecular formula is C18H15FN8O2S. The van der Waals surface area contributed by atoms with Crippen LogP contribution in [-0.2, 0) is 4.74 Å². The number of anilines is 3. The summed E-state index contributed by atoms with van der Waals surface area (Å²) < 4.78 is 20.0. The van der Waals surface area contributed by atoms with E-state index < -0.39 is 6.09 Å². The van der Waals surface area contributed by atoms with Gasteiger partial charge in [0.2, 0.25) is 0 Å². The van der Waals surface area contributed by atoms with Crippen molar-refractivity contribution >= 4 is 46.2 Å². The van der Waals surface area contributed by atoms with Crippen molar-refractivity contribution in [3.05, 3.63) is 48.4 Å². The Morgan fingerprint density at radius 1 is 1.17 bits per heavy atom. The summed E-state index contributed by atoms with van der Waals surface area (Å²) >= 11 is 1.12. The number of amides is 1. The zero-order chi connectivity index (χ0) is 21.3. The Hall–Kier alpha value is -3.93. The lowest BCUT2D eigenvalue weighted by molar-refractivity contribution is 0.187. The number of ether oxygens (including phenoxy) is 1. The first kappa shape index (κ1) is 19.4. The number of nitrogen functional groups attached to an aromatic ring is 2. The van der Waals surface area contributed by atoms with Gasteiger partial charge in [-0.1, -0.05) is 23.9 Å². The largest absolute Gasteiger partial charge is 0.453 e. The summed E-state index contributed by atoms with van der Waals surface area (Å²) in [5, 5.41) is 7.30. The van der Waals surface area contributed by atoms with Crippen molar-refractivity contribution in [1.29, 1.82) is 0 Å². The van der Waals surface area contributed by atoms with Crippen molar-refractivity contribution in [3.8, 4) is 5.95 Å². The molecule has 152 valence electrons. The van der Waals surface area contributed by atoms with Gasteiger partial charge >= 0.3 is 6.09 Å². The van der Waals surface area contributed by atoms with Gasteiger partial charge < -0.3 is 16.2 Å². The molecule has 5 N–H and O–H groups in total. The van der Waals surface area contributed by atoms with E-state index in [1.54, 1.807) is 36.5 Å². The third kappa shape index (κ3) is 3.55. The predicted octanol–water partition coefficient (Wildman–Crippen LogP) is 2.84. The number of hydrogen-bond acceptors (Lipinski definition) is 9. The Labute approximate surface area is 173 Å². The number of fused-ring (bicyclic) bond motifs is 1. The molecule has 0 aliphatic heterocycles. The number of halogens is 1. The van der Waals surface area contributed by atoms with Gasteiger partial charge in [-0.05, 0) is 24.3 Å². The molecule has 0 saturated carbocycles. The number of nitrogens with one attached hydrogen (secondary N) is 1. The number of hydrogen-bond donors (Lipinski definition) is 3. The fourth-order valence-corrected chi connectivity index (χ4v) is 3.53. The summed E-state index contributed by atoms with van der Waals surface area (Å²) in [6.45, 7) is 0. The topological polar surface area (TPSA) is 147 Å². The second-order valence-corrected chi connectivity index (χ2v) is 6.94. The van der Waals surface area contributed by atoms with Crippen LogP contribution in [0.15, 0.2) is 52.5 Å². The molecule has 3 aromatic heterocycles. The highest BCUT2D eigenvalue weighted by molar-refractivity contribution is 7.99. The quantitative estimate of drug-likeness (QED) is 0.448. The van der Waals surface area contributed by atoms with Gasteiger partial charge in [-0.25, -0.2) is 9.18 Å². The first-order valence-corrected chi connectivity index (χ1v) is 9.34. The molecule has 0 aliphatic rings. The van der Waals surface area contributed by atoms with Gasteiger partial charge in [0.05, 0.1) is 12.6 Å². The first-order chi connectivity index (χ1) is 14.5. The first-order valence-electron chi connectivity index (χ1n) is 8.52. The van der Waals surface area contributed by atoms with Crippen LogP contribution in [0, 0.1) is 5.82 Å². The van der Waals surface area contributed by atoms with Gasteiger partial charge in [-0.15, -0.1) is 0 Å². The number of nitrogens with zero attached hydrogens (tertiary/aromatic N) is 5. The maximum absolute atomic E-state index is 14.1. The Kier molecular flexibility index (Phi) is 5.06. The van der Waals surface area contributed by atoms with Crippen molar-refractivity contribution < 1.29 is 13.9 Å². The van der Waals surface area contributed by atoms with E-state index in [1.807, 2.05) is 0 Å². The lowest BCUT2D eigenvalue weighted by atomic mass is 10.3. The SMILES string of the molecule is COC(=O)Nc1c(N)nc(-n2nc(Sc3ccccc3F)c3ncccc32)nc1N. The van der Waals surface area contributed by atoms with Gasteiger partial charge in [0.15, 0.2) is 11.6 Å². The van der Waals surface area contributed by atoms with Gasteiger partial charge in [0.25, 0.3) is 5.95 Å². The highest BCUT2D eigenvalue weighted by Gasteiger charge is 2.20. The van der Waals surface area contributed by atoms with Gasteiger partial charge in [0.1, 0.15) is 22.0 Å². The van der Waals surface area contributed by atoms with Crippen molar-refractivity contribution in [2.24, 2.45) is 0 Å². The molecule has 1 amide bonds. The third-order valence-electron chi connectivity index (χ3n) is 4.01. The number of methoxy groups -OCH3 is 1. The van der Waals surface area contributed by atoms with Crippen LogP contribution in [0.4, 0.5) is 26.5 Å². The molecule has 0 unspecified atom stereocenters. The van der Waals surface area contributed by atoms with Crippen LogP contribution in [0.1, 0.15) is 0 Å². The Morgan fingerprint density at radius 3 is 2.60 bits per heavy atom. The molecule has 1 aromatic carbocycles. The van der Waals surface area contributed by atoms with Gasteiger partial charge in [-0.2, -0.15) is 19.7 Å². The minimum absolute atomic E-state index is 0.0288. The van der Waals surface area contributed by atoms with Gasteiger partial charge in [-0.3, -0.25) is 10.3 Å². The molecule has 4 aromatic rings. The number of benzene rings is 1. The summed E-state index contributed by atoms with van der Waals surface area (Å²) in [6, 6.07) is 9.84. The molecule has 0 bridgehead atoms. The third-order valence-corrected chi connectivity index (χ3v) is 5.03. The molecule has 0 spiro atoms. The van der Waals surface area contributed by atoms with Crippen LogP contribution >= 0.6 is 11.8 Å². The molecule has 10 nitrogen and oxygen atoms in total. The molecule has 3 heterocycles. The minimum Gasteiger partial charge on any atom is -0.453 e. The van der Waals surface area contributed by atoms with E-state index in [2.05, 4.69) is 30.1 Å². The van der Waals surface area contributed by atoms with Crippen LogP contribution in [0.25, 0.3) is 17.0 Å². The number of nitrogens with two attached hydrogens (primary N) is 2. The lowest BCUT2D eigenvalue weighted by Crippen LogP contribution is -2.17. The molecule has 0 saturated heterocycles. The predicted molar refractivity (Wildman–Crippen MR) is 110 cm³/mol. The molecule has 0 aliphatic carbocycles. The van der Waals surface area contributed by atoms with Crippen LogP contribution in [0.2, 0.25) is 0 Å². The minimum atomic E-state index is -0.762. The van der Waals surface area contributed by atoms with Crippen LogP contribution in [0.5, 0.6) is 0 Å². The van der Waals surface area contributed by atoms with E-state index in [1.165, 1.54) is 17.9 Å². The zero-order valence-corrected chi connectivity index (χ0v) is 16.4. The fourth-order valence-electron chi connectivity index (χ4n) is 2.64. The number of carbonyl (C=O) groups is 1. The Balaban J connectivity index is 1.80. The molecular weight excluding hydrogens is 411 g/mol. The smallest absolute Gasteiger partial charge is 0.411 e. The Bertz CT molecular complexity index is 1240. The maximum Gasteiger partial charge on any atom is 0.411 e. The summed E-state index contributed by atoms with van der Waals surface area (Å²) in [4.78, 5) is 24.6. The second-order valence-electron chi connectivity index (χ2n) is 5.91. The standard InChI is InChI=1S/C18H15FN8O2S/c1-29-18(28)23-13-14(20)24-17(25-15(13)21)27-10-6-4-8-22-12(10)16(26-27)30-11-7-3-2-5-9(11)19/h2-8H,1H3,(H,23,28)(H4,20,21,24,25). The fraction of sp³-hybridized carbons (Fsp3) is 0.0556. The van der Waals surface area contributed by atoms with Gasteiger partial charge in [0, 0.05) is 11.1 Å². The summed E-state index contributed by atoms with van der Waals surface area (Å²) in [5.74, 6) is -0.444. The van der Waals surface area contributed by atoms with E-state index >= 15 is 0 Å². The average Bonchev–Trinajstić information content (AvgIpc) is 3.10. The van der Waals surface area contributed by atoms with E-state index in [9.17, 15) is 9.18 Å². The van der Waals surface area contributed by atoms with E-state index in [-0.39, 0.29) is 29.1 Å². The van der Waals surface area contributed by atoms with E-state index in [0.29, 0.717) is 21.0 Å². The molecule has 0 radical (unpaired) electrons. The number of aromatic nitrogens is 5. The summed E-state index contributed by atoms with van der Waals surface area (Å²) in [6.07, 6.45) is 0.842. The monoisotopic (exact) mass is 426 g/mol. The zero-order valence-electron chi connectivity index (χ0n) is 15.5. The number of pyridine rings is 1. The Morgan fingerprint density at radius 2 is 1.90 bits per heavy atom. The number of rotatable bonds is 4. The lowest BCUT2D eigenvalue weighted by Gasteiger charge is -2.10. The summed E-state index contributed by atoms with van der Waals surface area (Å²) in [7, 11) is 1.20. The van der Waals surface area contributed by atoms with Crippen LogP contribution < -0.4 is 16.8 Å². The normalized spacial score (nSPS) is 10.9. The summed E-state index contributed by atoms with van der Waals surface area (Å²) in [5.41, 5.74) is 13.0. The highest BCUT2D eigenvalue weighted by Crippen LogP contribution is 2.34. The van der Waals surface area contributed by atoms with Crippen LogP contribution in [-0.4, -0.2) is 37.9 Å². The number of carbonyl (C=O) groups excluding carboxylic acids is 1. The van der Waals surface area contributed by atoms with Crippen molar-refractivity contribution in [2.75, 3.05) is 23.9 Å². The highest BCUT2D eigenvalue weighted by atomic mass is 32.2. The molecule has 30 heavy (non-hydrogen) atoms. The van der Waals surface area contributed by atoms with E-state index in [0.717, 1.165) is 11.8 Å².